The Bertz CT molecular complexity index is 243. The van der Waals surface area contributed by atoms with Gasteiger partial charge in [-0.3, -0.25) is 9.59 Å². The van der Waals surface area contributed by atoms with Crippen LogP contribution in [-0.2, 0) is 9.59 Å². The van der Waals surface area contributed by atoms with E-state index in [-0.39, 0.29) is 18.4 Å². The largest absolute Gasteiger partial charge is 0.480 e. The molecule has 0 aromatic carbocycles. The third-order valence-electron chi connectivity index (χ3n) is 2.40. The molecule has 0 aliphatic rings. The van der Waals surface area contributed by atoms with E-state index in [9.17, 15) is 9.59 Å². The molecule has 0 aliphatic carbocycles. The van der Waals surface area contributed by atoms with Crippen molar-refractivity contribution < 1.29 is 14.7 Å². The van der Waals surface area contributed by atoms with Crippen molar-refractivity contribution in [1.29, 1.82) is 0 Å². The van der Waals surface area contributed by atoms with Gasteiger partial charge in [-0.1, -0.05) is 13.8 Å². The Morgan fingerprint density at radius 2 is 1.80 bits per heavy atom. The number of carboxylic acid groups (broad SMARTS) is 1. The molecule has 0 aliphatic heterocycles. The molecule has 0 saturated carbocycles. The first-order chi connectivity index (χ1) is 6.70. The van der Waals surface area contributed by atoms with Gasteiger partial charge in [-0.2, -0.15) is 0 Å². The molecular formula is C11H21NO3. The standard InChI is InChI=1S/C11H21NO3/c1-6-8(2)10(15)12(7-9(13)14)11(3,4)5/h8H,6-7H2,1-5H3,(H,13,14). The van der Waals surface area contributed by atoms with Crippen molar-refractivity contribution in [3.63, 3.8) is 0 Å². The van der Waals surface area contributed by atoms with E-state index in [1.807, 2.05) is 34.6 Å². The van der Waals surface area contributed by atoms with E-state index in [1.165, 1.54) is 4.90 Å². The summed E-state index contributed by atoms with van der Waals surface area (Å²) in [7, 11) is 0. The highest BCUT2D eigenvalue weighted by molar-refractivity contribution is 5.83. The van der Waals surface area contributed by atoms with Crippen LogP contribution in [0.15, 0.2) is 0 Å². The number of hydrogen-bond acceptors (Lipinski definition) is 2. The van der Waals surface area contributed by atoms with Gasteiger partial charge in [0.2, 0.25) is 5.91 Å². The van der Waals surface area contributed by atoms with E-state index in [0.29, 0.717) is 0 Å². The molecule has 1 unspecified atom stereocenters. The number of rotatable bonds is 4. The van der Waals surface area contributed by atoms with Crippen molar-refractivity contribution in [3.05, 3.63) is 0 Å². The zero-order valence-corrected chi connectivity index (χ0v) is 10.2. The van der Waals surface area contributed by atoms with Gasteiger partial charge in [-0.25, -0.2) is 0 Å². The first-order valence-electron chi connectivity index (χ1n) is 5.23. The summed E-state index contributed by atoms with van der Waals surface area (Å²) in [5.41, 5.74) is -0.446. The maximum atomic E-state index is 11.9. The number of nitrogens with zero attached hydrogens (tertiary/aromatic N) is 1. The topological polar surface area (TPSA) is 57.6 Å². The highest BCUT2D eigenvalue weighted by Gasteiger charge is 2.30. The minimum Gasteiger partial charge on any atom is -0.480 e. The number of carbonyl (C=O) groups excluding carboxylic acids is 1. The Kier molecular flexibility index (Phi) is 4.78. The van der Waals surface area contributed by atoms with Crippen LogP contribution in [0.3, 0.4) is 0 Å². The summed E-state index contributed by atoms with van der Waals surface area (Å²) in [4.78, 5) is 24.0. The summed E-state index contributed by atoms with van der Waals surface area (Å²) in [6, 6.07) is 0. The first-order valence-corrected chi connectivity index (χ1v) is 5.23. The van der Waals surface area contributed by atoms with E-state index >= 15 is 0 Å². The molecule has 0 fully saturated rings. The number of carboxylic acids is 1. The van der Waals surface area contributed by atoms with Crippen molar-refractivity contribution >= 4 is 11.9 Å². The molecule has 0 radical (unpaired) electrons. The Morgan fingerprint density at radius 1 is 1.33 bits per heavy atom. The maximum absolute atomic E-state index is 11.9. The predicted molar refractivity (Wildman–Crippen MR) is 58.6 cm³/mol. The van der Waals surface area contributed by atoms with Crippen molar-refractivity contribution in [3.8, 4) is 0 Å². The van der Waals surface area contributed by atoms with E-state index in [4.69, 9.17) is 5.11 Å². The van der Waals surface area contributed by atoms with Gasteiger partial charge in [-0.15, -0.1) is 0 Å². The third kappa shape index (κ3) is 4.32. The second-order valence-electron chi connectivity index (χ2n) is 4.80. The van der Waals surface area contributed by atoms with Crippen LogP contribution in [0.25, 0.3) is 0 Å². The molecule has 0 bridgehead atoms. The highest BCUT2D eigenvalue weighted by atomic mass is 16.4. The zero-order valence-electron chi connectivity index (χ0n) is 10.2. The summed E-state index contributed by atoms with van der Waals surface area (Å²) in [5.74, 6) is -1.18. The van der Waals surface area contributed by atoms with Crippen molar-refractivity contribution in [2.75, 3.05) is 6.54 Å². The molecule has 0 aromatic heterocycles. The molecule has 4 nitrogen and oxygen atoms in total. The van der Waals surface area contributed by atoms with Crippen LogP contribution in [0.5, 0.6) is 0 Å². The quantitative estimate of drug-likeness (QED) is 0.777. The highest BCUT2D eigenvalue weighted by Crippen LogP contribution is 2.17. The smallest absolute Gasteiger partial charge is 0.323 e. The molecule has 1 amide bonds. The molecule has 1 atom stereocenters. The number of aliphatic carboxylic acids is 1. The second-order valence-corrected chi connectivity index (χ2v) is 4.80. The normalized spacial score (nSPS) is 13.4. The fourth-order valence-electron chi connectivity index (χ4n) is 1.22. The summed E-state index contributed by atoms with van der Waals surface area (Å²) in [6.07, 6.45) is 0.727. The number of amides is 1. The lowest BCUT2D eigenvalue weighted by Crippen LogP contribution is -2.50. The fourth-order valence-corrected chi connectivity index (χ4v) is 1.22. The lowest BCUT2D eigenvalue weighted by atomic mass is 10.0. The molecule has 0 spiro atoms. The molecule has 4 heteroatoms. The van der Waals surface area contributed by atoms with E-state index in [1.54, 1.807) is 0 Å². The third-order valence-corrected chi connectivity index (χ3v) is 2.40. The predicted octanol–water partition coefficient (Wildman–Crippen LogP) is 1.74. The Balaban J connectivity index is 4.79. The SMILES string of the molecule is CCC(C)C(=O)N(CC(=O)O)C(C)(C)C. The van der Waals surface area contributed by atoms with Crippen LogP contribution in [0.4, 0.5) is 0 Å². The van der Waals surface area contributed by atoms with Crippen molar-refractivity contribution in [2.45, 2.75) is 46.6 Å². The summed E-state index contributed by atoms with van der Waals surface area (Å²) < 4.78 is 0. The molecule has 0 aromatic rings. The van der Waals surface area contributed by atoms with Gasteiger partial charge in [0, 0.05) is 11.5 Å². The lowest BCUT2D eigenvalue weighted by molar-refractivity contribution is -0.150. The molecule has 15 heavy (non-hydrogen) atoms. The van der Waals surface area contributed by atoms with Crippen LogP contribution in [0, 0.1) is 5.92 Å². The number of hydrogen-bond donors (Lipinski definition) is 1. The summed E-state index contributed by atoms with van der Waals surface area (Å²) in [6.45, 7) is 9.04. The summed E-state index contributed by atoms with van der Waals surface area (Å²) >= 11 is 0. The average molecular weight is 215 g/mol. The fraction of sp³-hybridized carbons (Fsp3) is 0.818. The van der Waals surface area contributed by atoms with E-state index in [2.05, 4.69) is 0 Å². The Labute approximate surface area is 91.3 Å². The van der Waals surface area contributed by atoms with Crippen LogP contribution in [-0.4, -0.2) is 34.0 Å². The molecule has 0 heterocycles. The first kappa shape index (κ1) is 13.9. The minimum atomic E-state index is -0.971. The van der Waals surface area contributed by atoms with E-state index in [0.717, 1.165) is 6.42 Å². The second kappa shape index (κ2) is 5.14. The van der Waals surface area contributed by atoms with Crippen molar-refractivity contribution in [1.82, 2.24) is 4.90 Å². The van der Waals surface area contributed by atoms with E-state index < -0.39 is 11.5 Å². The van der Waals surface area contributed by atoms with Crippen LogP contribution in [0.1, 0.15) is 41.0 Å². The van der Waals surface area contributed by atoms with Gasteiger partial charge in [-0.05, 0) is 27.2 Å². The molecule has 1 N–H and O–H groups in total. The Hall–Kier alpha value is -1.06. The molecule has 88 valence electrons. The van der Waals surface area contributed by atoms with Crippen LogP contribution < -0.4 is 0 Å². The summed E-state index contributed by atoms with van der Waals surface area (Å²) in [5, 5.41) is 8.76. The molecule has 0 saturated heterocycles. The lowest BCUT2D eigenvalue weighted by Gasteiger charge is -2.36. The van der Waals surface area contributed by atoms with Gasteiger partial charge in [0.15, 0.2) is 0 Å². The molecule has 0 rings (SSSR count). The van der Waals surface area contributed by atoms with Crippen LogP contribution in [0.2, 0.25) is 0 Å². The zero-order chi connectivity index (χ0) is 12.2. The van der Waals surface area contributed by atoms with Gasteiger partial charge < -0.3 is 10.0 Å². The minimum absolute atomic E-state index is 0.0904. The molecular weight excluding hydrogens is 194 g/mol. The van der Waals surface area contributed by atoms with Gasteiger partial charge in [0.05, 0.1) is 0 Å². The number of carbonyl (C=O) groups is 2. The Morgan fingerprint density at radius 3 is 2.07 bits per heavy atom. The van der Waals surface area contributed by atoms with Crippen molar-refractivity contribution in [2.24, 2.45) is 5.92 Å². The van der Waals surface area contributed by atoms with Gasteiger partial charge in [0.1, 0.15) is 6.54 Å². The maximum Gasteiger partial charge on any atom is 0.323 e. The average Bonchev–Trinajstić information content (AvgIpc) is 2.09. The van der Waals surface area contributed by atoms with Crippen LogP contribution >= 0.6 is 0 Å². The van der Waals surface area contributed by atoms with Gasteiger partial charge in [0.25, 0.3) is 0 Å². The van der Waals surface area contributed by atoms with Gasteiger partial charge >= 0.3 is 5.97 Å². The monoisotopic (exact) mass is 215 g/mol.